The molecule has 0 aromatic heterocycles. The molecule has 0 saturated heterocycles. The van der Waals surface area contributed by atoms with Gasteiger partial charge in [-0.15, -0.1) is 0 Å². The van der Waals surface area contributed by atoms with Crippen LogP contribution in [0.2, 0.25) is 0 Å². The quantitative estimate of drug-likeness (QED) is 0.580. The molecule has 2 unspecified atom stereocenters. The first-order chi connectivity index (χ1) is 10.6. The monoisotopic (exact) mass is 314 g/mol. The first kappa shape index (κ1) is 16.2. The third-order valence-electron chi connectivity index (χ3n) is 6.11. The van der Waals surface area contributed by atoms with Crippen LogP contribution in [-0.4, -0.2) is 16.7 Å². The average Bonchev–Trinajstić information content (AvgIpc) is 2.43. The zero-order chi connectivity index (χ0) is 17.2. The minimum absolute atomic E-state index is 0.0129. The lowest BCUT2D eigenvalue weighted by atomic mass is 9.50. The van der Waals surface area contributed by atoms with Crippen LogP contribution in [0.15, 0.2) is 34.6 Å². The Morgan fingerprint density at radius 1 is 1.13 bits per heavy atom. The fraction of sp³-hybridized carbons (Fsp3) is 0.600. The topological polar surface area (TPSA) is 54.4 Å². The van der Waals surface area contributed by atoms with Crippen LogP contribution in [0.25, 0.3) is 0 Å². The van der Waals surface area contributed by atoms with E-state index in [2.05, 4.69) is 26.8 Å². The Balaban J connectivity index is 2.23. The minimum Gasteiger partial charge on any atom is -0.507 e. The van der Waals surface area contributed by atoms with Gasteiger partial charge in [0.2, 0.25) is 11.6 Å². The van der Waals surface area contributed by atoms with Gasteiger partial charge in [0.15, 0.2) is 0 Å². The van der Waals surface area contributed by atoms with Gasteiger partial charge in [-0.05, 0) is 30.1 Å². The summed E-state index contributed by atoms with van der Waals surface area (Å²) in [5, 5.41) is 10.7. The maximum absolute atomic E-state index is 12.9. The molecule has 1 fully saturated rings. The molecule has 0 aliphatic heterocycles. The van der Waals surface area contributed by atoms with Gasteiger partial charge in [-0.3, -0.25) is 9.59 Å². The zero-order valence-corrected chi connectivity index (χ0v) is 14.7. The molecule has 3 aliphatic rings. The Hall–Kier alpha value is -1.64. The maximum atomic E-state index is 12.9. The van der Waals surface area contributed by atoms with Crippen LogP contribution in [0.4, 0.5) is 0 Å². The number of carbonyl (C=O) groups is 2. The van der Waals surface area contributed by atoms with Crippen molar-refractivity contribution in [2.75, 3.05) is 0 Å². The van der Waals surface area contributed by atoms with E-state index in [0.29, 0.717) is 11.1 Å². The second-order valence-corrected chi connectivity index (χ2v) is 8.46. The van der Waals surface area contributed by atoms with Crippen molar-refractivity contribution in [1.82, 2.24) is 0 Å². The number of ketones is 2. The summed E-state index contributed by atoms with van der Waals surface area (Å²) in [7, 11) is 0. The van der Waals surface area contributed by atoms with E-state index in [4.69, 9.17) is 0 Å². The molecule has 3 rings (SSSR count). The van der Waals surface area contributed by atoms with Gasteiger partial charge < -0.3 is 5.11 Å². The molecule has 124 valence electrons. The zero-order valence-electron chi connectivity index (χ0n) is 14.7. The van der Waals surface area contributed by atoms with Crippen LogP contribution in [-0.2, 0) is 9.59 Å². The predicted molar refractivity (Wildman–Crippen MR) is 89.9 cm³/mol. The Kier molecular flexibility index (Phi) is 3.48. The van der Waals surface area contributed by atoms with Crippen molar-refractivity contribution in [3.63, 3.8) is 0 Å². The van der Waals surface area contributed by atoms with Gasteiger partial charge in [0, 0.05) is 22.1 Å². The molecule has 3 aliphatic carbocycles. The van der Waals surface area contributed by atoms with Gasteiger partial charge in [-0.1, -0.05) is 53.2 Å². The summed E-state index contributed by atoms with van der Waals surface area (Å²) < 4.78 is 0. The molecule has 0 spiro atoms. The first-order valence-corrected chi connectivity index (χ1v) is 8.57. The van der Waals surface area contributed by atoms with E-state index >= 15 is 0 Å². The highest BCUT2D eigenvalue weighted by molar-refractivity contribution is 6.50. The van der Waals surface area contributed by atoms with Crippen molar-refractivity contribution in [3.8, 4) is 0 Å². The van der Waals surface area contributed by atoms with Gasteiger partial charge in [0.25, 0.3) is 0 Å². The molecule has 23 heavy (non-hydrogen) atoms. The number of rotatable bonds is 1. The van der Waals surface area contributed by atoms with Gasteiger partial charge in [0.1, 0.15) is 5.76 Å². The van der Waals surface area contributed by atoms with Crippen LogP contribution < -0.4 is 0 Å². The maximum Gasteiger partial charge on any atom is 0.233 e. The summed E-state index contributed by atoms with van der Waals surface area (Å²) in [5.41, 5.74) is 1.10. The number of allylic oxidation sites excluding steroid dienone is 4. The van der Waals surface area contributed by atoms with E-state index in [1.807, 2.05) is 19.9 Å². The van der Waals surface area contributed by atoms with Crippen molar-refractivity contribution in [2.24, 2.45) is 22.7 Å². The van der Waals surface area contributed by atoms with E-state index in [9.17, 15) is 14.7 Å². The summed E-state index contributed by atoms with van der Waals surface area (Å²) in [6.07, 6.45) is 7.05. The Labute approximate surface area is 138 Å². The Morgan fingerprint density at radius 2 is 1.78 bits per heavy atom. The molecule has 3 nitrogen and oxygen atoms in total. The highest BCUT2D eigenvalue weighted by Crippen LogP contribution is 2.59. The number of aliphatic hydroxyl groups is 1. The molecule has 1 saturated carbocycles. The fourth-order valence-corrected chi connectivity index (χ4v) is 5.02. The van der Waals surface area contributed by atoms with Crippen LogP contribution in [0, 0.1) is 22.7 Å². The molecule has 1 N–H and O–H groups in total. The summed E-state index contributed by atoms with van der Waals surface area (Å²) in [4.78, 5) is 25.5. The molecule has 0 amide bonds. The number of hydrogen-bond acceptors (Lipinski definition) is 3. The van der Waals surface area contributed by atoms with Gasteiger partial charge >= 0.3 is 0 Å². The number of carbonyl (C=O) groups excluding carboxylic acids is 2. The van der Waals surface area contributed by atoms with Crippen LogP contribution in [0.5, 0.6) is 0 Å². The number of Topliss-reactive ketones (excluding diaryl/α,β-unsaturated/α-hetero) is 2. The Bertz CT molecular complexity index is 688. The lowest BCUT2D eigenvalue weighted by Gasteiger charge is -2.52. The van der Waals surface area contributed by atoms with Gasteiger partial charge in [-0.2, -0.15) is 0 Å². The highest BCUT2D eigenvalue weighted by Gasteiger charge is 2.53. The van der Waals surface area contributed by atoms with E-state index in [1.165, 1.54) is 0 Å². The van der Waals surface area contributed by atoms with Crippen molar-refractivity contribution in [3.05, 3.63) is 34.6 Å². The first-order valence-electron chi connectivity index (χ1n) is 8.57. The van der Waals surface area contributed by atoms with Crippen molar-refractivity contribution < 1.29 is 14.7 Å². The molecule has 0 aromatic rings. The summed E-state index contributed by atoms with van der Waals surface area (Å²) in [6, 6.07) is 0. The lowest BCUT2D eigenvalue weighted by molar-refractivity contribution is -0.134. The van der Waals surface area contributed by atoms with Gasteiger partial charge in [-0.25, -0.2) is 0 Å². The summed E-state index contributed by atoms with van der Waals surface area (Å²) in [6.45, 7) is 10.2. The molecule has 0 bridgehead atoms. The van der Waals surface area contributed by atoms with Crippen molar-refractivity contribution >= 4 is 11.6 Å². The second kappa shape index (κ2) is 4.93. The van der Waals surface area contributed by atoms with E-state index in [0.717, 1.165) is 19.3 Å². The van der Waals surface area contributed by atoms with Crippen LogP contribution in [0.3, 0.4) is 0 Å². The Morgan fingerprint density at radius 3 is 2.39 bits per heavy atom. The molecular formula is C20H26O3. The van der Waals surface area contributed by atoms with Crippen molar-refractivity contribution in [2.45, 2.75) is 53.9 Å². The summed E-state index contributed by atoms with van der Waals surface area (Å²) >= 11 is 0. The molecule has 3 heteroatoms. The van der Waals surface area contributed by atoms with Crippen LogP contribution in [0.1, 0.15) is 53.9 Å². The predicted octanol–water partition coefficient (Wildman–Crippen LogP) is 4.31. The minimum atomic E-state index is -0.519. The lowest BCUT2D eigenvalue weighted by Crippen LogP contribution is -2.48. The highest BCUT2D eigenvalue weighted by atomic mass is 16.3. The van der Waals surface area contributed by atoms with E-state index in [-0.39, 0.29) is 34.0 Å². The number of aliphatic hydroxyl groups excluding tert-OH is 1. The number of fused-ring (bicyclic) bond motifs is 2. The van der Waals surface area contributed by atoms with Crippen LogP contribution >= 0.6 is 0 Å². The average molecular weight is 314 g/mol. The van der Waals surface area contributed by atoms with Gasteiger partial charge in [0.05, 0.1) is 0 Å². The normalized spacial score (nSPS) is 33.2. The van der Waals surface area contributed by atoms with E-state index in [1.54, 1.807) is 0 Å². The largest absolute Gasteiger partial charge is 0.507 e. The number of hydrogen-bond donors (Lipinski definition) is 1. The smallest absolute Gasteiger partial charge is 0.233 e. The second-order valence-electron chi connectivity index (χ2n) is 8.46. The fourth-order valence-electron chi connectivity index (χ4n) is 5.02. The molecular weight excluding hydrogens is 288 g/mol. The third-order valence-corrected chi connectivity index (χ3v) is 6.11. The molecule has 0 aromatic carbocycles. The molecule has 0 heterocycles. The molecule has 2 atom stereocenters. The summed E-state index contributed by atoms with van der Waals surface area (Å²) in [5.74, 6) is -0.861. The third kappa shape index (κ3) is 2.09. The SMILES string of the molecule is CC(C)C1=C(O)C2=C(C(=O)C1=O)C1(C)CCCC(C)(C)C1C=C2. The standard InChI is InChI=1S/C20H26O3/c1-11(2)14-16(21)12-7-8-13-19(3,4)9-6-10-20(13,5)15(12)18(23)17(14)22/h7-8,11,13,21H,6,9-10H2,1-5H3. The van der Waals surface area contributed by atoms with E-state index < -0.39 is 11.6 Å². The van der Waals surface area contributed by atoms with Crippen molar-refractivity contribution in [1.29, 1.82) is 0 Å². The molecule has 0 radical (unpaired) electrons.